The molecule has 0 unspecified atom stereocenters. The highest BCUT2D eigenvalue weighted by Gasteiger charge is 2.22. The Morgan fingerprint density at radius 1 is 0.125 bits per heavy atom. The summed E-state index contributed by atoms with van der Waals surface area (Å²) in [6.07, 6.45) is 7.57. The van der Waals surface area contributed by atoms with Crippen LogP contribution in [0, 0.1) is 0 Å². The predicted molar refractivity (Wildman–Crippen MR) is 590 cm³/mol. The fourth-order valence-electron chi connectivity index (χ4n) is 18.8. The van der Waals surface area contributed by atoms with E-state index in [1.54, 1.807) is 0 Å². The van der Waals surface area contributed by atoms with Crippen LogP contribution in [0.5, 0.6) is 0 Å². The molecule has 674 valence electrons. The maximum atomic E-state index is 5.08. The molecular weight excluding hydrogens is 1750 g/mol. The second-order valence-electron chi connectivity index (χ2n) is 35.5. The SMILES string of the molecule is c1ccc(-c2ccc(-c3nc(-c4ccc(-c5ccccc5)cc4)nc(-c4cc5cccnc5c5ccccc45)n3)cc2)cc1.c1ccc(-c2ccc(-c3nc(-c4ccc(-c5ccccc5)cc4)nc(-c4ccc(-c5ccc6c(c5)ncc5ccccc56)cc4)n3)cc2)cc1.c1ccc(-c2ccc(-c3nc(-c4ccc(-c5ccccc5)cc4)nc(-c4ccc(-c5ccc6c(ccc7ccncc76)c5)cc4)n3)cc2)cc1. The van der Waals surface area contributed by atoms with Crippen LogP contribution in [0.4, 0.5) is 0 Å². The highest BCUT2D eigenvalue weighted by atomic mass is 15.1. The van der Waals surface area contributed by atoms with Crippen molar-refractivity contribution in [3.05, 3.63) is 522 Å². The van der Waals surface area contributed by atoms with Gasteiger partial charge in [-0.15, -0.1) is 0 Å². The lowest BCUT2D eigenvalue weighted by molar-refractivity contribution is 1.07. The lowest BCUT2D eigenvalue weighted by atomic mass is 9.97. The van der Waals surface area contributed by atoms with Gasteiger partial charge in [0.1, 0.15) is 0 Å². The first kappa shape index (κ1) is 87.2. The largest absolute Gasteiger partial charge is 0.264 e. The highest BCUT2D eigenvalue weighted by molar-refractivity contribution is 6.12. The van der Waals surface area contributed by atoms with Crippen LogP contribution in [0.3, 0.4) is 0 Å². The Morgan fingerprint density at radius 2 is 0.389 bits per heavy atom. The lowest BCUT2D eigenvalue weighted by Crippen LogP contribution is -2.01. The van der Waals surface area contributed by atoms with Crippen molar-refractivity contribution in [2.75, 3.05) is 0 Å². The van der Waals surface area contributed by atoms with Crippen LogP contribution in [0.25, 0.3) is 256 Å². The maximum absolute atomic E-state index is 5.08. The van der Waals surface area contributed by atoms with Gasteiger partial charge in [-0.05, 0) is 146 Å². The minimum absolute atomic E-state index is 0.627. The Labute approximate surface area is 832 Å². The van der Waals surface area contributed by atoms with Crippen molar-refractivity contribution in [1.29, 1.82) is 0 Å². The second-order valence-corrected chi connectivity index (χ2v) is 35.5. The van der Waals surface area contributed by atoms with Crippen LogP contribution in [-0.2, 0) is 0 Å². The molecule has 12 nitrogen and oxygen atoms in total. The average Bonchev–Trinajstić information content (AvgIpc) is 0.769. The summed E-state index contributed by atoms with van der Waals surface area (Å²) in [7, 11) is 0. The first-order valence-corrected chi connectivity index (χ1v) is 48.1. The van der Waals surface area contributed by atoms with Crippen molar-refractivity contribution >= 4 is 64.9 Å². The third-order valence-corrected chi connectivity index (χ3v) is 26.4. The van der Waals surface area contributed by atoms with Gasteiger partial charge < -0.3 is 0 Å². The van der Waals surface area contributed by atoms with E-state index in [2.05, 4.69) is 447 Å². The van der Waals surface area contributed by atoms with Gasteiger partial charge in [0.2, 0.25) is 0 Å². The van der Waals surface area contributed by atoms with Gasteiger partial charge >= 0.3 is 0 Å². The molecule has 0 aliphatic heterocycles. The van der Waals surface area contributed by atoms with Gasteiger partial charge in [0.15, 0.2) is 52.4 Å². The molecule has 0 atom stereocenters. The fourth-order valence-corrected chi connectivity index (χ4v) is 18.8. The van der Waals surface area contributed by atoms with Gasteiger partial charge in [0.05, 0.1) is 11.0 Å². The number of hydrogen-bond acceptors (Lipinski definition) is 12. The minimum Gasteiger partial charge on any atom is -0.264 e. The number of aromatic nitrogens is 12. The molecule has 0 amide bonds. The van der Waals surface area contributed by atoms with Gasteiger partial charge in [-0.3, -0.25) is 15.0 Å². The summed E-state index contributed by atoms with van der Waals surface area (Å²) in [5.41, 5.74) is 28.8. The van der Waals surface area contributed by atoms with Crippen LogP contribution in [0.2, 0.25) is 0 Å². The number of fused-ring (bicyclic) bond motifs is 9. The molecule has 20 aromatic carbocycles. The van der Waals surface area contributed by atoms with E-state index in [0.717, 1.165) is 149 Å². The Balaban J connectivity index is 0.000000117. The van der Waals surface area contributed by atoms with Crippen LogP contribution in [0.15, 0.2) is 522 Å². The Hall–Kier alpha value is -19.6. The monoisotopic (exact) mass is 1840 g/mol. The van der Waals surface area contributed by atoms with E-state index >= 15 is 0 Å². The molecule has 6 heterocycles. The smallest absolute Gasteiger partial charge is 0.164 e. The van der Waals surface area contributed by atoms with Crippen molar-refractivity contribution in [1.82, 2.24) is 59.8 Å². The first-order valence-electron chi connectivity index (χ1n) is 48.1. The lowest BCUT2D eigenvalue weighted by Gasteiger charge is -2.12. The molecule has 0 radical (unpaired) electrons. The van der Waals surface area contributed by atoms with Gasteiger partial charge in [-0.1, -0.05) is 467 Å². The van der Waals surface area contributed by atoms with Crippen molar-refractivity contribution < 1.29 is 0 Å². The molecule has 0 bridgehead atoms. The molecular formula is C132H86N12. The molecule has 12 heteroatoms. The average molecular weight is 1840 g/mol. The summed E-state index contributed by atoms with van der Waals surface area (Å²) in [6, 6.07) is 172. The summed E-state index contributed by atoms with van der Waals surface area (Å²) < 4.78 is 0. The summed E-state index contributed by atoms with van der Waals surface area (Å²) in [5, 5.41) is 11.4. The molecule has 0 saturated carbocycles. The van der Waals surface area contributed by atoms with Crippen LogP contribution >= 0.6 is 0 Å². The van der Waals surface area contributed by atoms with Gasteiger partial charge in [-0.2, -0.15) is 0 Å². The predicted octanol–water partition coefficient (Wildman–Crippen LogP) is 33.1. The number of hydrogen-bond donors (Lipinski definition) is 0. The molecule has 26 rings (SSSR count). The van der Waals surface area contributed by atoms with Gasteiger partial charge in [-0.25, -0.2) is 44.9 Å². The van der Waals surface area contributed by atoms with Gasteiger partial charge in [0, 0.05) is 102 Å². The summed E-state index contributed by atoms with van der Waals surface area (Å²) >= 11 is 0. The fraction of sp³-hybridized carbons (Fsp3) is 0. The molecule has 0 saturated heterocycles. The summed E-state index contributed by atoms with van der Waals surface area (Å²) in [4.78, 5) is 59.0. The molecule has 26 aromatic rings. The zero-order chi connectivity index (χ0) is 95.9. The molecule has 0 N–H and O–H groups in total. The molecule has 0 fully saturated rings. The Kier molecular flexibility index (Phi) is 23.9. The molecule has 0 aliphatic carbocycles. The van der Waals surface area contributed by atoms with Crippen molar-refractivity contribution in [3.63, 3.8) is 0 Å². The van der Waals surface area contributed by atoms with E-state index in [1.807, 2.05) is 85.5 Å². The Bertz CT molecular complexity index is 8460. The van der Waals surface area contributed by atoms with E-state index in [4.69, 9.17) is 49.8 Å². The van der Waals surface area contributed by atoms with Crippen LogP contribution in [-0.4, -0.2) is 59.8 Å². The zero-order valence-electron chi connectivity index (χ0n) is 78.0. The molecule has 0 aliphatic rings. The van der Waals surface area contributed by atoms with Crippen molar-refractivity contribution in [2.45, 2.75) is 0 Å². The van der Waals surface area contributed by atoms with Crippen LogP contribution in [0.1, 0.15) is 0 Å². The van der Waals surface area contributed by atoms with Gasteiger partial charge in [0.25, 0.3) is 0 Å². The number of nitrogens with zero attached hydrogens (tertiary/aromatic N) is 12. The quantitative estimate of drug-likeness (QED) is 0.0797. The van der Waals surface area contributed by atoms with Crippen molar-refractivity contribution in [2.24, 2.45) is 0 Å². The molecule has 0 spiro atoms. The van der Waals surface area contributed by atoms with E-state index in [9.17, 15) is 0 Å². The summed E-state index contributed by atoms with van der Waals surface area (Å²) in [5.74, 6) is 5.69. The van der Waals surface area contributed by atoms with E-state index in [0.29, 0.717) is 52.4 Å². The highest BCUT2D eigenvalue weighted by Crippen LogP contribution is 2.41. The Morgan fingerprint density at radius 3 is 0.750 bits per heavy atom. The van der Waals surface area contributed by atoms with E-state index in [1.165, 1.54) is 54.9 Å². The van der Waals surface area contributed by atoms with Crippen molar-refractivity contribution in [3.8, 4) is 192 Å². The maximum Gasteiger partial charge on any atom is 0.164 e. The summed E-state index contributed by atoms with van der Waals surface area (Å²) in [6.45, 7) is 0. The third-order valence-electron chi connectivity index (χ3n) is 26.4. The zero-order valence-corrected chi connectivity index (χ0v) is 78.0. The first-order chi connectivity index (χ1) is 71.3. The van der Waals surface area contributed by atoms with E-state index in [-0.39, 0.29) is 0 Å². The number of benzene rings is 20. The minimum atomic E-state index is 0.627. The number of rotatable bonds is 17. The topological polar surface area (TPSA) is 155 Å². The van der Waals surface area contributed by atoms with E-state index < -0.39 is 0 Å². The normalized spacial score (nSPS) is 11.2. The second kappa shape index (κ2) is 39.5. The van der Waals surface area contributed by atoms with Crippen LogP contribution < -0.4 is 0 Å². The standard InChI is InChI=1S/2C46H30N4.C40H26N4/c1-3-9-31(10-4-1)33-15-21-36(22-16-33)44-48-45(37-23-17-34(18-24-37)32-11-5-2-6-12-32)50-46(49-44)38-25-19-35(20-26-38)39-27-28-42-41-14-8-7-13-40(41)30-47-43(42)29-39;1-3-7-31(8-4-1)33-11-18-37(19-12-33)44-48-45(38-20-13-34(14-21-38)32-9-5-2-6-10-32)50-46(49-44)39-22-15-35(16-23-39)40-25-26-42-41(29-40)24-17-36-27-28-47-30-43(36)42;1-3-10-27(11-4-1)29-17-21-31(22-18-29)38-42-39(32-23-19-30(20-24-32)28-12-5-2-6-13-28)44-40(43-38)36-26-33-14-9-25-41-37(33)35-16-8-7-15-34(35)36/h2*1-30H;1-26H. The molecule has 6 aromatic heterocycles. The number of pyridine rings is 3. The molecule has 144 heavy (non-hydrogen) atoms. The third kappa shape index (κ3) is 18.5.